The van der Waals surface area contributed by atoms with Crippen molar-refractivity contribution in [2.45, 2.75) is 20.0 Å². The lowest BCUT2D eigenvalue weighted by Crippen LogP contribution is -2.05. The van der Waals surface area contributed by atoms with Crippen molar-refractivity contribution in [3.63, 3.8) is 0 Å². The largest absolute Gasteiger partial charge is 0.487 e. The molecule has 5 nitrogen and oxygen atoms in total. The molecule has 0 fully saturated rings. The summed E-state index contributed by atoms with van der Waals surface area (Å²) in [4.78, 5) is 16.4. The van der Waals surface area contributed by atoms with E-state index in [9.17, 15) is 9.90 Å². The van der Waals surface area contributed by atoms with Crippen LogP contribution in [0.4, 0.5) is 0 Å². The van der Waals surface area contributed by atoms with E-state index in [0.29, 0.717) is 10.7 Å². The van der Waals surface area contributed by atoms with Crippen LogP contribution in [-0.2, 0) is 13.0 Å². The molecule has 0 spiro atoms. The van der Waals surface area contributed by atoms with E-state index in [1.807, 2.05) is 24.3 Å². The Bertz CT molecular complexity index is 791. The molecule has 108 valence electrons. The minimum atomic E-state index is -0.952. The Hall–Kier alpha value is -2.34. The second-order valence-corrected chi connectivity index (χ2v) is 5.53. The van der Waals surface area contributed by atoms with E-state index in [4.69, 9.17) is 4.74 Å². The predicted octanol–water partition coefficient (Wildman–Crippen LogP) is 3.24. The second kappa shape index (κ2) is 5.57. The van der Waals surface area contributed by atoms with Crippen molar-refractivity contribution in [3.05, 3.63) is 52.8 Å². The average molecular weight is 302 g/mol. The molecule has 3 rings (SSSR count). The van der Waals surface area contributed by atoms with Crippen molar-refractivity contribution in [2.24, 2.45) is 0 Å². The van der Waals surface area contributed by atoms with E-state index in [1.165, 1.54) is 5.56 Å². The summed E-state index contributed by atoms with van der Waals surface area (Å²) in [5.41, 5.74) is 1.80. The monoisotopic (exact) mass is 302 g/mol. The van der Waals surface area contributed by atoms with Gasteiger partial charge in [0, 0.05) is 12.4 Å². The summed E-state index contributed by atoms with van der Waals surface area (Å²) in [5, 5.41) is 9.28. The molecular weight excluding hydrogens is 288 g/mol. The molecule has 0 radical (unpaired) electrons. The van der Waals surface area contributed by atoms with Crippen molar-refractivity contribution in [2.75, 3.05) is 0 Å². The summed E-state index contributed by atoms with van der Waals surface area (Å²) in [6.45, 7) is 2.28. The van der Waals surface area contributed by atoms with Gasteiger partial charge in [0.2, 0.25) is 0 Å². The van der Waals surface area contributed by atoms with Gasteiger partial charge in [-0.05, 0) is 24.1 Å². The molecule has 1 aromatic carbocycles. The molecule has 21 heavy (non-hydrogen) atoms. The molecule has 0 aliphatic heterocycles. The quantitative estimate of drug-likeness (QED) is 0.786. The van der Waals surface area contributed by atoms with Crippen LogP contribution in [0.1, 0.15) is 27.9 Å². The van der Waals surface area contributed by atoms with Crippen LogP contribution in [0.15, 0.2) is 36.7 Å². The van der Waals surface area contributed by atoms with Crippen LogP contribution in [0, 0.1) is 0 Å². The highest BCUT2D eigenvalue weighted by molar-refractivity contribution is 7.18. The van der Waals surface area contributed by atoms with Gasteiger partial charge in [-0.2, -0.15) is 0 Å². The van der Waals surface area contributed by atoms with Gasteiger partial charge >= 0.3 is 5.97 Å². The number of aromatic nitrogens is 2. The number of hydrogen-bond acceptors (Lipinski definition) is 4. The number of hydrogen-bond donors (Lipinski definition) is 1. The van der Waals surface area contributed by atoms with Gasteiger partial charge in [-0.15, -0.1) is 0 Å². The Kier molecular flexibility index (Phi) is 3.62. The third kappa shape index (κ3) is 2.62. The first-order valence-corrected chi connectivity index (χ1v) is 7.40. The van der Waals surface area contributed by atoms with Crippen molar-refractivity contribution in [3.8, 4) is 5.75 Å². The number of benzene rings is 1. The number of nitrogens with zero attached hydrogens (tertiary/aromatic N) is 2. The van der Waals surface area contributed by atoms with E-state index in [-0.39, 0.29) is 11.5 Å². The predicted molar refractivity (Wildman–Crippen MR) is 80.2 cm³/mol. The van der Waals surface area contributed by atoms with Crippen LogP contribution < -0.4 is 4.74 Å². The lowest BCUT2D eigenvalue weighted by molar-refractivity contribution is 0.0698. The van der Waals surface area contributed by atoms with Gasteiger partial charge in [0.25, 0.3) is 0 Å². The maximum absolute atomic E-state index is 11.3. The topological polar surface area (TPSA) is 63.8 Å². The normalized spacial score (nSPS) is 10.9. The number of thiazole rings is 1. The van der Waals surface area contributed by atoms with Gasteiger partial charge in [-0.3, -0.25) is 4.40 Å². The van der Waals surface area contributed by atoms with Crippen LogP contribution in [0.25, 0.3) is 4.96 Å². The van der Waals surface area contributed by atoms with Crippen molar-refractivity contribution in [1.82, 2.24) is 9.38 Å². The first-order valence-electron chi connectivity index (χ1n) is 6.58. The number of carboxylic acid groups (broad SMARTS) is 1. The van der Waals surface area contributed by atoms with E-state index < -0.39 is 5.97 Å². The Morgan fingerprint density at radius 1 is 1.48 bits per heavy atom. The SMILES string of the molecule is CCc1cccc(OCc2c(C(=O)O)sc3nccn23)c1. The Labute approximate surface area is 125 Å². The van der Waals surface area contributed by atoms with E-state index in [2.05, 4.69) is 11.9 Å². The molecule has 0 atom stereocenters. The fraction of sp³-hybridized carbons (Fsp3) is 0.200. The van der Waals surface area contributed by atoms with Crippen molar-refractivity contribution < 1.29 is 14.6 Å². The number of aromatic carboxylic acids is 1. The zero-order valence-electron chi connectivity index (χ0n) is 11.4. The molecule has 3 aromatic rings. The smallest absolute Gasteiger partial charge is 0.347 e. The first-order chi connectivity index (χ1) is 10.2. The van der Waals surface area contributed by atoms with Gasteiger partial charge in [0.15, 0.2) is 4.96 Å². The minimum Gasteiger partial charge on any atom is -0.487 e. The Morgan fingerprint density at radius 2 is 2.33 bits per heavy atom. The molecule has 0 bridgehead atoms. The zero-order chi connectivity index (χ0) is 14.8. The summed E-state index contributed by atoms with van der Waals surface area (Å²) in [7, 11) is 0. The standard InChI is InChI=1S/C15H14N2O3S/c1-2-10-4-3-5-11(8-10)20-9-12-13(14(18)19)21-15-16-6-7-17(12)15/h3-8H,2,9H2,1H3,(H,18,19). The van der Waals surface area contributed by atoms with Crippen molar-refractivity contribution >= 4 is 22.3 Å². The van der Waals surface area contributed by atoms with Gasteiger partial charge in [0.05, 0.1) is 5.69 Å². The summed E-state index contributed by atoms with van der Waals surface area (Å²) in [6, 6.07) is 7.82. The van der Waals surface area contributed by atoms with Crippen LogP contribution in [0.2, 0.25) is 0 Å². The highest BCUT2D eigenvalue weighted by Gasteiger charge is 2.18. The summed E-state index contributed by atoms with van der Waals surface area (Å²) in [5.74, 6) is -0.212. The van der Waals surface area contributed by atoms with E-state index in [0.717, 1.165) is 23.5 Å². The summed E-state index contributed by atoms with van der Waals surface area (Å²) < 4.78 is 7.52. The molecule has 0 unspecified atom stereocenters. The number of carbonyl (C=O) groups is 1. The summed E-state index contributed by atoms with van der Waals surface area (Å²) in [6.07, 6.45) is 4.33. The average Bonchev–Trinajstić information content (AvgIpc) is 3.06. The van der Waals surface area contributed by atoms with E-state index in [1.54, 1.807) is 16.8 Å². The van der Waals surface area contributed by atoms with Crippen molar-refractivity contribution in [1.29, 1.82) is 0 Å². The highest BCUT2D eigenvalue weighted by Crippen LogP contribution is 2.24. The van der Waals surface area contributed by atoms with Gasteiger partial charge in [-0.25, -0.2) is 9.78 Å². The molecule has 0 saturated carbocycles. The molecule has 2 heterocycles. The Balaban J connectivity index is 1.88. The number of carboxylic acids is 1. The fourth-order valence-electron chi connectivity index (χ4n) is 2.14. The third-order valence-corrected chi connectivity index (χ3v) is 4.33. The number of rotatable bonds is 5. The molecule has 6 heteroatoms. The lowest BCUT2D eigenvalue weighted by atomic mass is 10.2. The van der Waals surface area contributed by atoms with Gasteiger partial charge in [-0.1, -0.05) is 30.4 Å². The number of imidazole rings is 1. The highest BCUT2D eigenvalue weighted by atomic mass is 32.1. The molecule has 0 aliphatic rings. The van der Waals surface area contributed by atoms with Crippen LogP contribution in [0.5, 0.6) is 5.75 Å². The van der Waals surface area contributed by atoms with Crippen LogP contribution >= 0.6 is 11.3 Å². The molecule has 1 N–H and O–H groups in total. The maximum Gasteiger partial charge on any atom is 0.347 e. The molecule has 0 amide bonds. The number of ether oxygens (including phenoxy) is 1. The molecule has 0 saturated heterocycles. The minimum absolute atomic E-state index is 0.200. The van der Waals surface area contributed by atoms with Gasteiger partial charge < -0.3 is 9.84 Å². The number of fused-ring (bicyclic) bond motifs is 1. The molecular formula is C15H14N2O3S. The molecule has 0 aliphatic carbocycles. The Morgan fingerprint density at radius 3 is 3.10 bits per heavy atom. The van der Waals surface area contributed by atoms with Gasteiger partial charge in [0.1, 0.15) is 17.2 Å². The lowest BCUT2D eigenvalue weighted by Gasteiger charge is -2.07. The zero-order valence-corrected chi connectivity index (χ0v) is 12.3. The maximum atomic E-state index is 11.3. The number of aryl methyl sites for hydroxylation is 1. The summed E-state index contributed by atoms with van der Waals surface area (Å²) >= 11 is 1.15. The fourth-order valence-corrected chi connectivity index (χ4v) is 3.07. The third-order valence-electron chi connectivity index (χ3n) is 3.23. The molecule has 2 aromatic heterocycles. The van der Waals surface area contributed by atoms with Crippen LogP contribution in [-0.4, -0.2) is 20.5 Å². The first kappa shape index (κ1) is 13.6. The van der Waals surface area contributed by atoms with Crippen LogP contribution in [0.3, 0.4) is 0 Å². The second-order valence-electron chi connectivity index (χ2n) is 4.55. The van der Waals surface area contributed by atoms with E-state index >= 15 is 0 Å².